The van der Waals surface area contributed by atoms with E-state index in [2.05, 4.69) is 11.6 Å². The molecule has 0 fully saturated rings. The van der Waals surface area contributed by atoms with Crippen molar-refractivity contribution in [3.05, 3.63) is 40.4 Å². The van der Waals surface area contributed by atoms with Crippen molar-refractivity contribution in [3.8, 4) is 0 Å². The van der Waals surface area contributed by atoms with Crippen molar-refractivity contribution >= 4 is 22.5 Å². The van der Waals surface area contributed by atoms with Gasteiger partial charge in [0.05, 0.1) is 4.92 Å². The summed E-state index contributed by atoms with van der Waals surface area (Å²) in [6, 6.07) is 7.93. The number of nitrogens with zero attached hydrogens (tertiary/aromatic N) is 1. The summed E-state index contributed by atoms with van der Waals surface area (Å²) in [7, 11) is 0. The van der Waals surface area contributed by atoms with E-state index in [-0.39, 0.29) is 10.9 Å². The Morgan fingerprint density at radius 3 is 2.00 bits per heavy atom. The second-order valence-corrected chi connectivity index (χ2v) is 2.60. The molecular weight excluding hydrogens is 194 g/mol. The largest absolute Gasteiger partial charge is 0.282 e. The molecule has 0 N–H and O–H groups in total. The van der Waals surface area contributed by atoms with Gasteiger partial charge in [-0.15, -0.1) is 0 Å². The van der Waals surface area contributed by atoms with Crippen molar-refractivity contribution < 1.29 is 9.72 Å². The van der Waals surface area contributed by atoms with E-state index in [1.54, 1.807) is 18.2 Å². The topological polar surface area (TPSA) is 60.2 Å². The quantitative estimate of drug-likeness (QED) is 0.398. The summed E-state index contributed by atoms with van der Waals surface area (Å²) in [6.07, 6.45) is 0. The van der Waals surface area contributed by atoms with Gasteiger partial charge >= 0.3 is 0 Å². The summed E-state index contributed by atoms with van der Waals surface area (Å²) in [4.78, 5) is 18.8. The minimum Gasteiger partial charge on any atom is -0.282 e. The number of hydrogen-bond donors (Lipinski definition) is 0. The molecule has 0 aromatic heterocycles. The maximum absolute atomic E-state index is 10.0. The lowest BCUT2D eigenvalue weighted by Crippen LogP contribution is -1.84. The zero-order valence-corrected chi connectivity index (χ0v) is 7.69. The van der Waals surface area contributed by atoms with Gasteiger partial charge in [0.25, 0.3) is 5.69 Å². The van der Waals surface area contributed by atoms with Crippen molar-refractivity contribution in [2.75, 3.05) is 0 Å². The maximum Gasteiger partial charge on any atom is 0.269 e. The summed E-state index contributed by atoms with van der Waals surface area (Å²) in [5.41, 5.74) is 0.137. The molecule has 0 atom stereocenters. The summed E-state index contributed by atoms with van der Waals surface area (Å²) in [5, 5.41) is 9.65. The molecule has 0 amide bonds. The van der Waals surface area contributed by atoms with E-state index < -0.39 is 4.92 Å². The van der Waals surface area contributed by atoms with Crippen molar-refractivity contribution in [3.63, 3.8) is 0 Å². The predicted octanol–water partition coefficient (Wildman–Crippen LogP) is 2.37. The Balaban J connectivity index is 0.000000310. The van der Waals surface area contributed by atoms with Crippen LogP contribution in [0.5, 0.6) is 0 Å². The van der Waals surface area contributed by atoms with E-state index in [0.717, 1.165) is 0 Å². The SMILES string of the molecule is CC(=O)Cl.O=[N+]([O-])c1ccccc1. The van der Waals surface area contributed by atoms with Gasteiger partial charge in [-0.3, -0.25) is 14.9 Å². The maximum atomic E-state index is 10.0. The summed E-state index contributed by atoms with van der Waals surface area (Å²) in [6.45, 7) is 1.29. The van der Waals surface area contributed by atoms with Crippen LogP contribution in [0.1, 0.15) is 6.92 Å². The highest BCUT2D eigenvalue weighted by Gasteiger charge is 1.98. The fourth-order valence-electron chi connectivity index (χ4n) is 0.550. The van der Waals surface area contributed by atoms with Crippen LogP contribution in [0.15, 0.2) is 30.3 Å². The minimum atomic E-state index is -0.417. The fraction of sp³-hybridized carbons (Fsp3) is 0.125. The molecule has 0 bridgehead atoms. The molecule has 4 nitrogen and oxygen atoms in total. The molecule has 1 rings (SSSR count). The lowest BCUT2D eigenvalue weighted by molar-refractivity contribution is -0.384. The van der Waals surface area contributed by atoms with Gasteiger partial charge in [0, 0.05) is 19.1 Å². The molecule has 0 unspecified atom stereocenters. The van der Waals surface area contributed by atoms with Crippen molar-refractivity contribution in [1.29, 1.82) is 0 Å². The molecule has 0 radical (unpaired) electrons. The molecule has 0 heterocycles. The van der Waals surface area contributed by atoms with Gasteiger partial charge in [0.1, 0.15) is 0 Å². The van der Waals surface area contributed by atoms with E-state index in [1.165, 1.54) is 19.1 Å². The summed E-state index contributed by atoms with van der Waals surface area (Å²) >= 11 is 4.64. The highest BCUT2D eigenvalue weighted by Crippen LogP contribution is 2.06. The van der Waals surface area contributed by atoms with Gasteiger partial charge in [-0.05, 0) is 11.6 Å². The number of non-ortho nitro benzene ring substituents is 1. The minimum absolute atomic E-state index is 0.137. The van der Waals surface area contributed by atoms with Gasteiger partial charge in [-0.2, -0.15) is 0 Å². The molecule has 5 heteroatoms. The zero-order chi connectivity index (χ0) is 10.3. The lowest BCUT2D eigenvalue weighted by atomic mass is 10.3. The standard InChI is InChI=1S/C6H5NO2.C2H3ClO/c8-7(9)6-4-2-1-3-5-6;1-2(3)4/h1-5H;1H3. The number of halogens is 1. The smallest absolute Gasteiger partial charge is 0.269 e. The Hall–Kier alpha value is -1.42. The Kier molecular flexibility index (Phi) is 5.47. The second-order valence-electron chi connectivity index (χ2n) is 2.06. The summed E-state index contributed by atoms with van der Waals surface area (Å²) in [5.74, 6) is 0. The van der Waals surface area contributed by atoms with E-state index in [0.29, 0.717) is 0 Å². The van der Waals surface area contributed by atoms with Crippen LogP contribution < -0.4 is 0 Å². The van der Waals surface area contributed by atoms with Crippen LogP contribution in [0.4, 0.5) is 5.69 Å². The Bertz CT molecular complexity index is 283. The highest BCUT2D eigenvalue weighted by atomic mass is 35.5. The van der Waals surface area contributed by atoms with Crippen LogP contribution in [-0.4, -0.2) is 10.2 Å². The van der Waals surface area contributed by atoms with E-state index in [4.69, 9.17) is 0 Å². The first kappa shape index (κ1) is 11.6. The summed E-state index contributed by atoms with van der Waals surface area (Å²) < 4.78 is 0. The number of hydrogen-bond acceptors (Lipinski definition) is 3. The molecule has 0 spiro atoms. The lowest BCUT2D eigenvalue weighted by Gasteiger charge is -1.85. The van der Waals surface area contributed by atoms with Crippen molar-refractivity contribution in [2.45, 2.75) is 6.92 Å². The number of nitro benzene ring substituents is 1. The fourth-order valence-corrected chi connectivity index (χ4v) is 0.550. The zero-order valence-electron chi connectivity index (χ0n) is 6.94. The van der Waals surface area contributed by atoms with Crippen molar-refractivity contribution in [1.82, 2.24) is 0 Å². The third-order valence-electron chi connectivity index (χ3n) is 0.967. The Morgan fingerprint density at radius 1 is 1.38 bits per heavy atom. The molecule has 13 heavy (non-hydrogen) atoms. The average molecular weight is 202 g/mol. The third kappa shape index (κ3) is 6.96. The van der Waals surface area contributed by atoms with Crippen LogP contribution in [0.25, 0.3) is 0 Å². The first-order valence-electron chi connectivity index (χ1n) is 3.39. The van der Waals surface area contributed by atoms with Crippen LogP contribution in [0.2, 0.25) is 0 Å². The molecule has 0 aliphatic rings. The van der Waals surface area contributed by atoms with Gasteiger partial charge < -0.3 is 0 Å². The van der Waals surface area contributed by atoms with Gasteiger partial charge in [0.2, 0.25) is 5.24 Å². The van der Waals surface area contributed by atoms with E-state index >= 15 is 0 Å². The van der Waals surface area contributed by atoms with Crippen LogP contribution in [-0.2, 0) is 4.79 Å². The predicted molar refractivity (Wildman–Crippen MR) is 49.6 cm³/mol. The number of benzene rings is 1. The first-order valence-corrected chi connectivity index (χ1v) is 3.77. The third-order valence-corrected chi connectivity index (χ3v) is 0.967. The van der Waals surface area contributed by atoms with Crippen LogP contribution >= 0.6 is 11.6 Å². The van der Waals surface area contributed by atoms with Gasteiger partial charge in [-0.25, -0.2) is 0 Å². The van der Waals surface area contributed by atoms with Crippen LogP contribution in [0, 0.1) is 10.1 Å². The van der Waals surface area contributed by atoms with E-state index in [1.807, 2.05) is 0 Å². The molecule has 0 saturated heterocycles. The van der Waals surface area contributed by atoms with Gasteiger partial charge in [-0.1, -0.05) is 18.2 Å². The number of carbonyl (C=O) groups is 1. The number of para-hydroxylation sites is 1. The van der Waals surface area contributed by atoms with Crippen molar-refractivity contribution in [2.24, 2.45) is 0 Å². The average Bonchev–Trinajstić information content (AvgIpc) is 2.05. The number of carbonyl (C=O) groups excluding carboxylic acids is 1. The number of rotatable bonds is 1. The monoisotopic (exact) mass is 201 g/mol. The Morgan fingerprint density at radius 2 is 1.77 bits per heavy atom. The van der Waals surface area contributed by atoms with Crippen LogP contribution in [0.3, 0.4) is 0 Å². The molecule has 0 saturated carbocycles. The molecule has 1 aromatic rings. The molecule has 0 aliphatic carbocycles. The molecule has 70 valence electrons. The molecule has 1 aromatic carbocycles. The second kappa shape index (κ2) is 6.14. The Labute approximate surface area is 80.3 Å². The molecular formula is C8H8ClNO3. The van der Waals surface area contributed by atoms with Gasteiger partial charge in [0.15, 0.2) is 0 Å². The van der Waals surface area contributed by atoms with E-state index in [9.17, 15) is 14.9 Å². The molecule has 0 aliphatic heterocycles. The number of nitro groups is 1. The first-order chi connectivity index (χ1) is 6.04. The normalized spacial score (nSPS) is 8.15. The highest BCUT2D eigenvalue weighted by molar-refractivity contribution is 6.62.